The summed E-state index contributed by atoms with van der Waals surface area (Å²) >= 11 is 0. The third kappa shape index (κ3) is 26.0. The molecule has 2 aliphatic rings. The summed E-state index contributed by atoms with van der Waals surface area (Å²) in [6.07, 6.45) is -5.16. The van der Waals surface area contributed by atoms with E-state index in [0.29, 0.717) is 9.80 Å². The van der Waals surface area contributed by atoms with E-state index in [9.17, 15) is 140 Å². The quantitative estimate of drug-likeness (QED) is 0.0285. The van der Waals surface area contributed by atoms with Crippen molar-refractivity contribution >= 4 is 78.8 Å². The van der Waals surface area contributed by atoms with Gasteiger partial charge in [-0.2, -0.15) is 0 Å². The zero-order valence-corrected chi connectivity index (χ0v) is 61.2. The van der Waals surface area contributed by atoms with Gasteiger partial charge in [-0.15, -0.1) is 0 Å². The number of sulfone groups is 2. The number of carboxylic acids is 8. The Morgan fingerprint density at radius 2 is 0.396 bits per heavy atom. The van der Waals surface area contributed by atoms with Gasteiger partial charge in [0, 0.05) is 224 Å². The van der Waals surface area contributed by atoms with Crippen LogP contribution in [0, 0.1) is 185 Å². The van der Waals surface area contributed by atoms with Crippen molar-refractivity contribution in [1.82, 2.24) is 39.2 Å². The Hall–Kier alpha value is -7.00. The van der Waals surface area contributed by atoms with Crippen LogP contribution in [0.25, 0.3) is 0 Å². The van der Waals surface area contributed by atoms with E-state index in [0.717, 1.165) is 19.6 Å². The number of halogens is 21. The first-order valence-corrected chi connectivity index (χ1v) is 32.4. The summed E-state index contributed by atoms with van der Waals surface area (Å²) in [5.74, 6) is -67.6. The van der Waals surface area contributed by atoms with Crippen molar-refractivity contribution in [3.05, 3.63) is 105 Å². The Bertz CT molecular complexity index is 3890. The number of carbonyl (C=O) groups excluding carboxylic acids is 8. The molecule has 6 rings (SSSR count). The van der Waals surface area contributed by atoms with E-state index in [-0.39, 0.29) is 146 Å². The van der Waals surface area contributed by atoms with Crippen molar-refractivity contribution in [1.29, 1.82) is 0 Å². The zero-order valence-electron chi connectivity index (χ0n) is 55.0. The third-order valence-corrected chi connectivity index (χ3v) is 19.0. The summed E-state index contributed by atoms with van der Waals surface area (Å²) in [6, 6.07) is 0. The predicted molar refractivity (Wildman–Crippen MR) is 300 cm³/mol. The van der Waals surface area contributed by atoms with Gasteiger partial charge in [-0.25, -0.2) is 95.9 Å². The smallest absolute Gasteiger partial charge is 0.218 e. The molecule has 0 aromatic heterocycles. The third-order valence-electron chi connectivity index (χ3n) is 15.5. The van der Waals surface area contributed by atoms with Crippen LogP contribution in [-0.2, 0) is 58.0 Å². The molecule has 55 heteroatoms. The van der Waals surface area contributed by atoms with Crippen molar-refractivity contribution in [3.63, 3.8) is 0 Å². The number of carbonyl (C=O) groups is 8. The molecule has 2 saturated heterocycles. The molecule has 2 atom stereocenters. The molecule has 111 heavy (non-hydrogen) atoms. The Morgan fingerprint density at radius 3 is 0.541 bits per heavy atom. The fraction of sp³-hybridized carbons (Fsp3) is 0.429. The molecular weight excluding hydrogens is 1910 g/mol. The second-order valence-corrected chi connectivity index (χ2v) is 26.1. The molecule has 4 aromatic rings. The average Bonchev–Trinajstić information content (AvgIpc) is 0.738. The van der Waals surface area contributed by atoms with Gasteiger partial charge in [-0.1, -0.05) is 0 Å². The number of carboxylic acid groups (broad SMARTS) is 8. The van der Waals surface area contributed by atoms with E-state index < -0.39 is 307 Å². The van der Waals surface area contributed by atoms with Crippen LogP contribution in [0.15, 0.2) is 19.6 Å². The molecule has 2 fully saturated rings. The molecule has 0 radical (unpaired) electrons. The average molecular weight is 1960 g/mol. The van der Waals surface area contributed by atoms with Crippen molar-refractivity contribution < 1.29 is 269 Å². The molecule has 0 aliphatic carbocycles. The molecular formula is C56H51F21Gd2N10O20S2-8. The summed E-state index contributed by atoms with van der Waals surface area (Å²) in [5, 5.41) is 95.5. The van der Waals surface area contributed by atoms with E-state index in [4.69, 9.17) is 0 Å². The van der Waals surface area contributed by atoms with Crippen LogP contribution in [0.4, 0.5) is 105 Å². The standard InChI is InChI=1S/2C28H28F9N5O10S.3FH.2Gd/c2*29-15-16(30)20(34)25(21(35)17(15)31)53(51,52)26-22(36)18(32)24(19(33)23(26)37)38-27(28(49)50)42-7-5-40(10-13(45)46)3-1-39(9-12(43)44)2-4-41(6-8-42)11-14(47)48;;;;;/h2*27,38H,1-11H2,(H,43,44)(H,45,46)(H,47,48)(H,49,50);3*1H;;/p-8/i;;3*1-1;;. The Kier molecular flexibility index (Phi) is 41.8. The number of benzene rings is 4. The molecule has 0 bridgehead atoms. The molecule has 0 amide bonds. The summed E-state index contributed by atoms with van der Waals surface area (Å²) in [6.45, 7) is -10.9. The zero-order chi connectivity index (χ0) is 80.2. The van der Waals surface area contributed by atoms with E-state index in [1.807, 2.05) is 0 Å². The molecule has 4 aromatic carbocycles. The van der Waals surface area contributed by atoms with Gasteiger partial charge in [0.1, 0.15) is 43.3 Å². The summed E-state index contributed by atoms with van der Waals surface area (Å²) in [5.41, 5.74) is -4.18. The maximum atomic E-state index is 15.3. The number of aliphatic carboxylic acids is 8. The molecule has 30 nitrogen and oxygen atoms in total. The van der Waals surface area contributed by atoms with Crippen LogP contribution in [0.3, 0.4) is 0 Å². The topological polar surface area (TPSA) is 439 Å². The van der Waals surface area contributed by atoms with Gasteiger partial charge in [-0.3, -0.25) is 53.3 Å². The molecule has 0 saturated carbocycles. The minimum Gasteiger partial charge on any atom is -0.549 e. The van der Waals surface area contributed by atoms with E-state index in [1.54, 1.807) is 0 Å². The SMILES string of the molecule is O=C([O-])CN1CCN(CC(=O)[O-])CCN(C(Nc2c(F)c(F)c(S(=O)(=O)c3c(F)c(F)c(F)c(F)c3F)c(F)c2F)C(=O)[O-])CCN(CC(=O)[O-])CC1.O=C([O-])CN1CCN(CC(=O)[O-])CCN(C(Nc2c(F)c(F)c(S(=O)(=O)c3c(F)c(F)c(F)c(F)c3F)c(F)c2F)C(=O)[O-])CCN(CC(=O)[O-])CC1.[18FH].[18FH].[18FH].[Gd].[Gd]. The minimum atomic E-state index is -6.67. The number of rotatable bonds is 24. The molecule has 628 valence electrons. The van der Waals surface area contributed by atoms with Gasteiger partial charge in [0.2, 0.25) is 31.3 Å². The predicted octanol–water partition coefficient (Wildman–Crippen LogP) is -8.08. The van der Waals surface area contributed by atoms with Gasteiger partial charge >= 0.3 is 0 Å². The first kappa shape index (κ1) is 104. The molecule has 2 heterocycles. The number of hydrogen-bond acceptors (Lipinski definition) is 30. The molecule has 2 aliphatic heterocycles. The van der Waals surface area contributed by atoms with Crippen LogP contribution < -0.4 is 51.5 Å². The van der Waals surface area contributed by atoms with Gasteiger partial charge < -0.3 is 89.8 Å². The first-order valence-electron chi connectivity index (χ1n) is 29.4. The molecule has 2 N–H and O–H groups in total. The summed E-state index contributed by atoms with van der Waals surface area (Å²) < 4.78 is 312. The summed E-state index contributed by atoms with van der Waals surface area (Å²) in [4.78, 5) is 89.2. The number of nitrogens with one attached hydrogen (secondary N) is 2. The van der Waals surface area contributed by atoms with Gasteiger partial charge in [0.05, 0.1) is 47.8 Å². The Labute approximate surface area is 673 Å². The van der Waals surface area contributed by atoms with Gasteiger partial charge in [0.15, 0.2) is 93.1 Å². The Balaban J connectivity index is 0.00000209. The van der Waals surface area contributed by atoms with Crippen LogP contribution in [-0.4, -0.2) is 260 Å². The summed E-state index contributed by atoms with van der Waals surface area (Å²) in [7, 11) is -13.3. The monoisotopic (exact) mass is 1960 g/mol. The fourth-order valence-corrected chi connectivity index (χ4v) is 13.3. The van der Waals surface area contributed by atoms with E-state index in [2.05, 4.69) is 0 Å². The van der Waals surface area contributed by atoms with Crippen LogP contribution in [0.1, 0.15) is 0 Å². The van der Waals surface area contributed by atoms with Crippen molar-refractivity contribution in [2.24, 2.45) is 0 Å². The maximum Gasteiger partial charge on any atom is 0.218 e. The van der Waals surface area contributed by atoms with Crippen molar-refractivity contribution in [2.75, 3.05) is 155 Å². The molecule has 2 unspecified atom stereocenters. The fourth-order valence-electron chi connectivity index (χ4n) is 10.3. The van der Waals surface area contributed by atoms with E-state index >= 15 is 35.1 Å². The van der Waals surface area contributed by atoms with Crippen LogP contribution in [0.2, 0.25) is 0 Å². The second-order valence-electron chi connectivity index (χ2n) is 22.4. The normalized spacial score (nSPS) is 16.0. The number of hydrogen-bond donors (Lipinski definition) is 2. The van der Waals surface area contributed by atoms with Crippen molar-refractivity contribution in [2.45, 2.75) is 31.9 Å². The largest absolute Gasteiger partial charge is 0.549 e. The second kappa shape index (κ2) is 44.6. The number of nitrogens with zero attached hydrogens (tertiary/aromatic N) is 8. The van der Waals surface area contributed by atoms with Crippen LogP contribution >= 0.6 is 0 Å². The van der Waals surface area contributed by atoms with Crippen LogP contribution in [0.5, 0.6) is 0 Å². The van der Waals surface area contributed by atoms with Gasteiger partial charge in [0.25, 0.3) is 0 Å². The van der Waals surface area contributed by atoms with E-state index in [1.165, 1.54) is 20.4 Å². The minimum absolute atomic E-state index is 0. The maximum absolute atomic E-state index is 15.3. The first-order chi connectivity index (χ1) is 49.2. The van der Waals surface area contributed by atoms with Gasteiger partial charge in [-0.05, 0) is 0 Å². The number of anilines is 2. The van der Waals surface area contributed by atoms with Crippen molar-refractivity contribution in [3.8, 4) is 0 Å². The Morgan fingerprint density at radius 1 is 0.261 bits per heavy atom. The molecule has 0 spiro atoms.